The van der Waals surface area contributed by atoms with Crippen LogP contribution in [0, 0.1) is 0 Å². The Labute approximate surface area is 132 Å². The lowest BCUT2D eigenvalue weighted by molar-refractivity contribution is 0.0660. The third-order valence-corrected chi connectivity index (χ3v) is 6.36. The van der Waals surface area contributed by atoms with Gasteiger partial charge >= 0.3 is 0 Å². The Balaban J connectivity index is 1.89. The van der Waals surface area contributed by atoms with E-state index in [2.05, 4.69) is 4.90 Å². The molecule has 0 N–H and O–H groups in total. The lowest BCUT2D eigenvalue weighted by atomic mass is 10.1. The van der Waals surface area contributed by atoms with Crippen LogP contribution in [0.15, 0.2) is 30.3 Å². The lowest BCUT2D eigenvalue weighted by Gasteiger charge is -2.42. The van der Waals surface area contributed by atoms with E-state index in [0.29, 0.717) is 39.4 Å². The topological polar surface area (TPSA) is 53.1 Å². The van der Waals surface area contributed by atoms with E-state index in [1.54, 1.807) is 8.61 Å². The highest BCUT2D eigenvalue weighted by atomic mass is 32.2. The fraction of sp³-hybridized carbons (Fsp3) is 0.600. The van der Waals surface area contributed by atoms with Crippen molar-refractivity contribution in [2.75, 3.05) is 53.0 Å². The lowest BCUT2D eigenvalue weighted by Crippen LogP contribution is -2.55. The standard InChI is InChI=1S/C15H23N3O3S/c1-16-7-8-18(15(13-16)14-5-3-2-4-6-14)22(19,20)17-9-11-21-12-10-17/h2-6,15H,7-13H2,1H3/t15-/m0/s1. The van der Waals surface area contributed by atoms with Crippen LogP contribution in [-0.4, -0.2) is 74.9 Å². The summed E-state index contributed by atoms with van der Waals surface area (Å²) in [6, 6.07) is 9.76. The summed E-state index contributed by atoms with van der Waals surface area (Å²) in [6.07, 6.45) is 0. The van der Waals surface area contributed by atoms with Crippen molar-refractivity contribution in [2.24, 2.45) is 0 Å². The van der Waals surface area contributed by atoms with Gasteiger partial charge in [-0.05, 0) is 12.6 Å². The van der Waals surface area contributed by atoms with Crippen molar-refractivity contribution >= 4 is 10.2 Å². The number of ether oxygens (including phenoxy) is 1. The zero-order valence-corrected chi connectivity index (χ0v) is 13.7. The summed E-state index contributed by atoms with van der Waals surface area (Å²) in [7, 11) is -1.41. The number of rotatable bonds is 3. The van der Waals surface area contributed by atoms with E-state index in [1.165, 1.54) is 0 Å². The van der Waals surface area contributed by atoms with E-state index in [9.17, 15) is 8.42 Å². The zero-order valence-electron chi connectivity index (χ0n) is 12.9. The maximum atomic E-state index is 13.0. The molecule has 0 aliphatic carbocycles. The third kappa shape index (κ3) is 3.18. The van der Waals surface area contributed by atoms with Gasteiger partial charge in [0.15, 0.2) is 0 Å². The Morgan fingerprint density at radius 1 is 1.05 bits per heavy atom. The van der Waals surface area contributed by atoms with E-state index >= 15 is 0 Å². The number of piperazine rings is 1. The van der Waals surface area contributed by atoms with E-state index in [1.807, 2.05) is 37.4 Å². The predicted octanol–water partition coefficient (Wildman–Crippen LogP) is 0.552. The molecule has 2 aliphatic rings. The Hall–Kier alpha value is -0.990. The molecule has 0 unspecified atom stereocenters. The summed E-state index contributed by atoms with van der Waals surface area (Å²) in [5.41, 5.74) is 1.05. The second-order valence-electron chi connectivity index (χ2n) is 5.82. The molecule has 7 heteroatoms. The van der Waals surface area contributed by atoms with Gasteiger partial charge in [0, 0.05) is 32.7 Å². The van der Waals surface area contributed by atoms with Crippen LogP contribution in [0.5, 0.6) is 0 Å². The van der Waals surface area contributed by atoms with Crippen molar-refractivity contribution < 1.29 is 13.2 Å². The maximum Gasteiger partial charge on any atom is 0.282 e. The molecule has 0 radical (unpaired) electrons. The third-order valence-electron chi connectivity index (χ3n) is 4.31. The van der Waals surface area contributed by atoms with Crippen molar-refractivity contribution in [1.82, 2.24) is 13.5 Å². The second kappa shape index (κ2) is 6.64. The van der Waals surface area contributed by atoms with Gasteiger partial charge in [0.2, 0.25) is 0 Å². The van der Waals surface area contributed by atoms with E-state index in [4.69, 9.17) is 4.74 Å². The van der Waals surface area contributed by atoms with E-state index in [-0.39, 0.29) is 6.04 Å². The summed E-state index contributed by atoms with van der Waals surface area (Å²) in [6.45, 7) is 3.83. The van der Waals surface area contributed by atoms with Crippen LogP contribution in [-0.2, 0) is 14.9 Å². The first-order valence-electron chi connectivity index (χ1n) is 7.67. The van der Waals surface area contributed by atoms with Gasteiger partial charge in [0.05, 0.1) is 19.3 Å². The van der Waals surface area contributed by atoms with Crippen LogP contribution in [0.2, 0.25) is 0 Å². The molecule has 0 bridgehead atoms. The fourth-order valence-electron chi connectivity index (χ4n) is 3.05. The minimum atomic E-state index is -3.45. The highest BCUT2D eigenvalue weighted by molar-refractivity contribution is 7.86. The molecule has 2 heterocycles. The van der Waals surface area contributed by atoms with E-state index in [0.717, 1.165) is 12.1 Å². The van der Waals surface area contributed by atoms with Crippen LogP contribution in [0.4, 0.5) is 0 Å². The number of likely N-dealkylation sites (N-methyl/N-ethyl adjacent to an activating group) is 1. The molecule has 1 aromatic carbocycles. The van der Waals surface area contributed by atoms with Crippen molar-refractivity contribution in [3.63, 3.8) is 0 Å². The molecule has 0 spiro atoms. The molecular formula is C15H23N3O3S. The summed E-state index contributed by atoms with van der Waals surface area (Å²) >= 11 is 0. The fourth-order valence-corrected chi connectivity index (χ4v) is 4.78. The number of hydrogen-bond donors (Lipinski definition) is 0. The van der Waals surface area contributed by atoms with Crippen LogP contribution < -0.4 is 0 Å². The molecule has 0 aromatic heterocycles. The minimum Gasteiger partial charge on any atom is -0.379 e. The molecule has 2 saturated heterocycles. The number of benzene rings is 1. The van der Waals surface area contributed by atoms with Crippen molar-refractivity contribution in [2.45, 2.75) is 6.04 Å². The van der Waals surface area contributed by atoms with Gasteiger partial charge in [-0.1, -0.05) is 30.3 Å². The Morgan fingerprint density at radius 3 is 2.41 bits per heavy atom. The molecule has 1 atom stereocenters. The monoisotopic (exact) mass is 325 g/mol. The molecular weight excluding hydrogens is 302 g/mol. The highest BCUT2D eigenvalue weighted by Gasteiger charge is 2.39. The predicted molar refractivity (Wildman–Crippen MR) is 84.7 cm³/mol. The minimum absolute atomic E-state index is 0.132. The quantitative estimate of drug-likeness (QED) is 0.814. The van der Waals surface area contributed by atoms with E-state index < -0.39 is 10.2 Å². The van der Waals surface area contributed by atoms with Gasteiger partial charge in [-0.15, -0.1) is 0 Å². The normalized spacial score (nSPS) is 26.1. The molecule has 2 fully saturated rings. The summed E-state index contributed by atoms with van der Waals surface area (Å²) in [4.78, 5) is 2.18. The van der Waals surface area contributed by atoms with Gasteiger partial charge in [-0.2, -0.15) is 17.0 Å². The first-order chi connectivity index (χ1) is 10.6. The molecule has 6 nitrogen and oxygen atoms in total. The van der Waals surface area contributed by atoms with Gasteiger partial charge in [-0.25, -0.2) is 0 Å². The molecule has 0 amide bonds. The summed E-state index contributed by atoms with van der Waals surface area (Å²) in [5, 5.41) is 0. The molecule has 22 heavy (non-hydrogen) atoms. The van der Waals surface area contributed by atoms with Crippen LogP contribution >= 0.6 is 0 Å². The second-order valence-corrected chi connectivity index (χ2v) is 7.70. The molecule has 2 aliphatic heterocycles. The first-order valence-corrected chi connectivity index (χ1v) is 9.07. The molecule has 3 rings (SSSR count). The van der Waals surface area contributed by atoms with Crippen LogP contribution in [0.3, 0.4) is 0 Å². The molecule has 0 saturated carbocycles. The Kier molecular flexibility index (Phi) is 4.79. The smallest absolute Gasteiger partial charge is 0.282 e. The van der Waals surface area contributed by atoms with Crippen molar-refractivity contribution in [3.05, 3.63) is 35.9 Å². The summed E-state index contributed by atoms with van der Waals surface area (Å²) < 4.78 is 34.5. The molecule has 122 valence electrons. The molecule has 1 aromatic rings. The van der Waals surface area contributed by atoms with Gasteiger partial charge in [0.25, 0.3) is 10.2 Å². The zero-order chi connectivity index (χ0) is 15.6. The van der Waals surface area contributed by atoms with Gasteiger partial charge in [-0.3, -0.25) is 0 Å². The average Bonchev–Trinajstić information content (AvgIpc) is 2.56. The van der Waals surface area contributed by atoms with Gasteiger partial charge < -0.3 is 9.64 Å². The highest BCUT2D eigenvalue weighted by Crippen LogP contribution is 2.29. The summed E-state index contributed by atoms with van der Waals surface area (Å²) in [5.74, 6) is 0. The Morgan fingerprint density at radius 2 is 1.73 bits per heavy atom. The van der Waals surface area contributed by atoms with Gasteiger partial charge in [0.1, 0.15) is 0 Å². The Bertz CT molecular complexity index is 587. The maximum absolute atomic E-state index is 13.0. The van der Waals surface area contributed by atoms with Crippen LogP contribution in [0.25, 0.3) is 0 Å². The van der Waals surface area contributed by atoms with Crippen molar-refractivity contribution in [1.29, 1.82) is 0 Å². The first kappa shape index (κ1) is 15.9. The number of hydrogen-bond acceptors (Lipinski definition) is 4. The number of morpholine rings is 1. The largest absolute Gasteiger partial charge is 0.379 e. The SMILES string of the molecule is CN1CCN(S(=O)(=O)N2CCOCC2)[C@H](c2ccccc2)C1. The van der Waals surface area contributed by atoms with Crippen LogP contribution in [0.1, 0.15) is 11.6 Å². The van der Waals surface area contributed by atoms with Crippen molar-refractivity contribution in [3.8, 4) is 0 Å². The average molecular weight is 325 g/mol. The number of nitrogens with zero attached hydrogens (tertiary/aromatic N) is 3.